The summed E-state index contributed by atoms with van der Waals surface area (Å²) < 4.78 is 10.5. The minimum Gasteiger partial charge on any atom is -0.489 e. The van der Waals surface area contributed by atoms with E-state index in [1.54, 1.807) is 24.3 Å². The number of aromatic carboxylic acids is 1. The average Bonchev–Trinajstić information content (AvgIpc) is 3.00. The standard InChI is InChI=1S/C17H14N2O4/c18-15-10-23-19-16(15)12-5-7-14(8-6-12)22-9-11-1-3-13(4-2-11)17(20)21/h1-8,10H,9,18H2,(H,20,21). The highest BCUT2D eigenvalue weighted by Gasteiger charge is 2.07. The number of nitrogens with two attached hydrogens (primary N) is 1. The third-order valence-electron chi connectivity index (χ3n) is 3.33. The van der Waals surface area contributed by atoms with Gasteiger partial charge in [-0.1, -0.05) is 17.3 Å². The van der Waals surface area contributed by atoms with Gasteiger partial charge in [0.05, 0.1) is 5.56 Å². The van der Waals surface area contributed by atoms with E-state index in [1.165, 1.54) is 6.26 Å². The van der Waals surface area contributed by atoms with Gasteiger partial charge in [-0.25, -0.2) is 4.79 Å². The van der Waals surface area contributed by atoms with Gasteiger partial charge in [-0.2, -0.15) is 0 Å². The Hall–Kier alpha value is -3.28. The van der Waals surface area contributed by atoms with Crippen molar-refractivity contribution in [2.75, 3.05) is 5.73 Å². The Balaban J connectivity index is 1.64. The summed E-state index contributed by atoms with van der Waals surface area (Å²) in [6.45, 7) is 0.353. The van der Waals surface area contributed by atoms with E-state index in [4.69, 9.17) is 20.1 Å². The number of hydrogen-bond donors (Lipinski definition) is 2. The lowest BCUT2D eigenvalue weighted by atomic mass is 10.1. The predicted molar refractivity (Wildman–Crippen MR) is 84.1 cm³/mol. The lowest BCUT2D eigenvalue weighted by Gasteiger charge is -2.07. The Morgan fingerprint density at radius 2 is 1.83 bits per heavy atom. The van der Waals surface area contributed by atoms with Gasteiger partial charge < -0.3 is 20.1 Å². The molecule has 23 heavy (non-hydrogen) atoms. The van der Waals surface area contributed by atoms with Crippen molar-refractivity contribution in [1.29, 1.82) is 0 Å². The van der Waals surface area contributed by atoms with Gasteiger partial charge in [0.25, 0.3) is 0 Å². The molecule has 0 saturated heterocycles. The lowest BCUT2D eigenvalue weighted by Crippen LogP contribution is -1.98. The number of benzene rings is 2. The monoisotopic (exact) mass is 310 g/mol. The number of nitrogen functional groups attached to an aromatic ring is 1. The van der Waals surface area contributed by atoms with Crippen LogP contribution in [0.5, 0.6) is 5.75 Å². The first-order valence-corrected chi connectivity index (χ1v) is 6.89. The molecule has 0 bridgehead atoms. The normalized spacial score (nSPS) is 10.4. The summed E-state index contributed by atoms with van der Waals surface area (Å²) in [5.74, 6) is -0.252. The van der Waals surface area contributed by atoms with Crippen LogP contribution < -0.4 is 10.5 Å². The van der Waals surface area contributed by atoms with Gasteiger partial charge >= 0.3 is 5.97 Å². The van der Waals surface area contributed by atoms with Crippen LogP contribution in [0.15, 0.2) is 59.3 Å². The van der Waals surface area contributed by atoms with Crippen molar-refractivity contribution in [3.63, 3.8) is 0 Å². The van der Waals surface area contributed by atoms with E-state index in [9.17, 15) is 4.79 Å². The molecule has 0 fully saturated rings. The predicted octanol–water partition coefficient (Wildman–Crippen LogP) is 3.20. The van der Waals surface area contributed by atoms with E-state index >= 15 is 0 Å². The smallest absolute Gasteiger partial charge is 0.335 e. The fourth-order valence-electron chi connectivity index (χ4n) is 2.08. The highest BCUT2D eigenvalue weighted by Crippen LogP contribution is 2.26. The molecule has 0 aliphatic heterocycles. The molecule has 1 heterocycles. The Bertz CT molecular complexity index is 807. The van der Waals surface area contributed by atoms with Crippen molar-refractivity contribution in [2.45, 2.75) is 6.61 Å². The van der Waals surface area contributed by atoms with Crippen LogP contribution in [0, 0.1) is 0 Å². The molecule has 3 rings (SSSR count). The average molecular weight is 310 g/mol. The van der Waals surface area contributed by atoms with Crippen LogP contribution in [-0.2, 0) is 6.61 Å². The molecule has 6 heteroatoms. The summed E-state index contributed by atoms with van der Waals surface area (Å²) in [6.07, 6.45) is 1.39. The van der Waals surface area contributed by atoms with E-state index < -0.39 is 5.97 Å². The molecule has 0 aliphatic carbocycles. The Morgan fingerprint density at radius 3 is 2.39 bits per heavy atom. The first-order chi connectivity index (χ1) is 11.1. The molecule has 2 aromatic carbocycles. The maximum Gasteiger partial charge on any atom is 0.335 e. The summed E-state index contributed by atoms with van der Waals surface area (Å²) in [7, 11) is 0. The molecule has 116 valence electrons. The third kappa shape index (κ3) is 3.32. The van der Waals surface area contributed by atoms with Crippen molar-refractivity contribution in [3.8, 4) is 17.0 Å². The number of nitrogens with zero attached hydrogens (tertiary/aromatic N) is 1. The zero-order valence-electron chi connectivity index (χ0n) is 12.1. The van der Waals surface area contributed by atoms with Crippen LogP contribution in [0.25, 0.3) is 11.3 Å². The molecule has 0 unspecified atom stereocenters. The second-order valence-corrected chi connectivity index (χ2v) is 4.93. The van der Waals surface area contributed by atoms with Crippen LogP contribution in [0.4, 0.5) is 5.69 Å². The van der Waals surface area contributed by atoms with Crippen molar-refractivity contribution in [2.24, 2.45) is 0 Å². The quantitative estimate of drug-likeness (QED) is 0.751. The van der Waals surface area contributed by atoms with Crippen LogP contribution in [0.3, 0.4) is 0 Å². The zero-order chi connectivity index (χ0) is 16.2. The molecule has 0 atom stereocenters. The number of carboxylic acids is 1. The maximum atomic E-state index is 10.8. The maximum absolute atomic E-state index is 10.8. The molecule has 0 radical (unpaired) electrons. The summed E-state index contributed by atoms with van der Waals surface area (Å²) in [5.41, 5.74) is 8.81. The van der Waals surface area contributed by atoms with Gasteiger partial charge in [-0.15, -0.1) is 0 Å². The molecule has 6 nitrogen and oxygen atoms in total. The van der Waals surface area contributed by atoms with Gasteiger partial charge in [0.1, 0.15) is 30.0 Å². The minimum absolute atomic E-state index is 0.253. The fraction of sp³-hybridized carbons (Fsp3) is 0.0588. The number of aromatic nitrogens is 1. The summed E-state index contributed by atoms with van der Waals surface area (Å²) in [4.78, 5) is 10.8. The molecule has 0 spiro atoms. The highest BCUT2D eigenvalue weighted by molar-refractivity contribution is 5.87. The second-order valence-electron chi connectivity index (χ2n) is 4.93. The van der Waals surface area contributed by atoms with Crippen molar-refractivity contribution in [1.82, 2.24) is 5.16 Å². The van der Waals surface area contributed by atoms with Crippen molar-refractivity contribution >= 4 is 11.7 Å². The highest BCUT2D eigenvalue weighted by atomic mass is 16.5. The van der Waals surface area contributed by atoms with E-state index in [0.29, 0.717) is 23.7 Å². The summed E-state index contributed by atoms with van der Waals surface area (Å²) in [5, 5.41) is 12.7. The molecule has 3 aromatic rings. The molecule has 1 aromatic heterocycles. The first-order valence-electron chi connectivity index (χ1n) is 6.89. The molecule has 0 saturated carbocycles. The Morgan fingerprint density at radius 1 is 1.13 bits per heavy atom. The largest absolute Gasteiger partial charge is 0.489 e. The van der Waals surface area contributed by atoms with Gasteiger partial charge in [-0.3, -0.25) is 0 Å². The molecule has 0 amide bonds. The number of carboxylic acid groups (broad SMARTS) is 1. The van der Waals surface area contributed by atoms with Crippen LogP contribution in [0.2, 0.25) is 0 Å². The van der Waals surface area contributed by atoms with Crippen LogP contribution in [-0.4, -0.2) is 16.2 Å². The Labute approximate surface area is 132 Å². The minimum atomic E-state index is -0.944. The number of anilines is 1. The van der Waals surface area contributed by atoms with Crippen molar-refractivity contribution < 1.29 is 19.2 Å². The van der Waals surface area contributed by atoms with E-state index in [1.807, 2.05) is 24.3 Å². The number of hydrogen-bond acceptors (Lipinski definition) is 5. The van der Waals surface area contributed by atoms with Crippen LogP contribution >= 0.6 is 0 Å². The third-order valence-corrected chi connectivity index (χ3v) is 3.33. The van der Waals surface area contributed by atoms with Gasteiger partial charge in [0, 0.05) is 5.56 Å². The lowest BCUT2D eigenvalue weighted by molar-refractivity contribution is 0.0697. The second kappa shape index (κ2) is 6.23. The Kier molecular flexibility index (Phi) is 3.97. The first kappa shape index (κ1) is 14.6. The molecular formula is C17H14N2O4. The van der Waals surface area contributed by atoms with Gasteiger partial charge in [-0.05, 0) is 42.0 Å². The van der Waals surface area contributed by atoms with E-state index in [-0.39, 0.29) is 5.56 Å². The number of carbonyl (C=O) groups is 1. The molecular weight excluding hydrogens is 296 g/mol. The SMILES string of the molecule is Nc1conc1-c1ccc(OCc2ccc(C(=O)O)cc2)cc1. The van der Waals surface area contributed by atoms with Crippen LogP contribution in [0.1, 0.15) is 15.9 Å². The summed E-state index contributed by atoms with van der Waals surface area (Å²) in [6, 6.07) is 13.9. The van der Waals surface area contributed by atoms with Gasteiger partial charge in [0.2, 0.25) is 0 Å². The topological polar surface area (TPSA) is 98.6 Å². The zero-order valence-corrected chi connectivity index (χ0v) is 12.1. The number of ether oxygens (including phenoxy) is 1. The van der Waals surface area contributed by atoms with E-state index in [2.05, 4.69) is 5.16 Å². The van der Waals surface area contributed by atoms with E-state index in [0.717, 1.165) is 11.1 Å². The fourth-order valence-corrected chi connectivity index (χ4v) is 2.08. The molecule has 3 N–H and O–H groups in total. The van der Waals surface area contributed by atoms with Crippen molar-refractivity contribution in [3.05, 3.63) is 65.9 Å². The van der Waals surface area contributed by atoms with Gasteiger partial charge in [0.15, 0.2) is 0 Å². The molecule has 0 aliphatic rings. The number of rotatable bonds is 5. The summed E-state index contributed by atoms with van der Waals surface area (Å²) >= 11 is 0.